The largest absolute Gasteiger partial charge is 0.444 e. The highest BCUT2D eigenvalue weighted by atomic mass is 16.6. The van der Waals surface area contributed by atoms with Gasteiger partial charge in [-0.1, -0.05) is 18.2 Å². The Morgan fingerprint density at radius 2 is 1.22 bits per heavy atom. The summed E-state index contributed by atoms with van der Waals surface area (Å²) in [6.07, 6.45) is -0.795. The summed E-state index contributed by atoms with van der Waals surface area (Å²) in [5, 5.41) is 0. The molecule has 0 radical (unpaired) electrons. The van der Waals surface area contributed by atoms with Crippen LogP contribution in [0, 0.1) is 0 Å². The van der Waals surface area contributed by atoms with E-state index in [1.54, 1.807) is 28.0 Å². The van der Waals surface area contributed by atoms with Crippen LogP contribution >= 0.6 is 0 Å². The lowest BCUT2D eigenvalue weighted by Crippen LogP contribution is -2.43. The van der Waals surface area contributed by atoms with Crippen molar-refractivity contribution in [2.75, 3.05) is 0 Å². The molecule has 152 valence electrons. The van der Waals surface area contributed by atoms with E-state index in [1.165, 1.54) is 0 Å². The maximum atomic E-state index is 12.6. The third kappa shape index (κ3) is 6.45. The molecule has 0 unspecified atom stereocenters. The zero-order chi connectivity index (χ0) is 20.7. The van der Waals surface area contributed by atoms with Crippen molar-refractivity contribution in [1.82, 2.24) is 9.80 Å². The maximum Gasteiger partial charge on any atom is 0.415 e. The van der Waals surface area contributed by atoms with Gasteiger partial charge in [-0.15, -0.1) is 0 Å². The second-order valence-electron chi connectivity index (χ2n) is 7.72. The summed E-state index contributed by atoms with van der Waals surface area (Å²) in [4.78, 5) is 28.3. The van der Waals surface area contributed by atoms with Crippen LogP contribution in [-0.2, 0) is 11.3 Å². The van der Waals surface area contributed by atoms with Crippen LogP contribution in [0.3, 0.4) is 0 Å². The predicted molar refractivity (Wildman–Crippen MR) is 107 cm³/mol. The molecule has 0 aliphatic heterocycles. The molecule has 0 spiro atoms. The molecule has 1 rings (SSSR count). The number of hydrogen-bond donors (Lipinski definition) is 0. The monoisotopic (exact) mass is 378 g/mol. The fourth-order valence-electron chi connectivity index (χ4n) is 3.12. The molecule has 1 aromatic carbocycles. The molecule has 0 N–H and O–H groups in total. The second-order valence-corrected chi connectivity index (χ2v) is 7.72. The number of benzene rings is 1. The molecule has 0 aliphatic carbocycles. The van der Waals surface area contributed by atoms with Gasteiger partial charge in [0.05, 0.1) is 0 Å². The number of hydrogen-bond acceptors (Lipinski definition) is 4. The first-order valence-corrected chi connectivity index (χ1v) is 9.59. The van der Waals surface area contributed by atoms with E-state index in [0.29, 0.717) is 11.3 Å². The Hall–Kier alpha value is -2.24. The van der Waals surface area contributed by atoms with E-state index in [-0.39, 0.29) is 36.9 Å². The average molecular weight is 379 g/mol. The Morgan fingerprint density at radius 3 is 1.70 bits per heavy atom. The van der Waals surface area contributed by atoms with Gasteiger partial charge in [0.15, 0.2) is 0 Å². The summed E-state index contributed by atoms with van der Waals surface area (Å²) in [6.45, 7) is 15.6. The van der Waals surface area contributed by atoms with Gasteiger partial charge < -0.3 is 19.3 Å². The Labute approximate surface area is 163 Å². The first kappa shape index (κ1) is 22.8. The molecule has 0 aromatic heterocycles. The summed E-state index contributed by atoms with van der Waals surface area (Å²) in [5.74, 6) is 0.405. The molecular weight excluding hydrogens is 344 g/mol. The smallest absolute Gasteiger partial charge is 0.415 e. The highest BCUT2D eigenvalue weighted by molar-refractivity contribution is 5.72. The molecule has 0 saturated heterocycles. The lowest BCUT2D eigenvalue weighted by molar-refractivity contribution is 0.0731. The Bertz CT molecular complexity index is 610. The number of ether oxygens (including phenoxy) is 2. The lowest BCUT2D eigenvalue weighted by atomic mass is 10.2. The van der Waals surface area contributed by atoms with Gasteiger partial charge in [0.1, 0.15) is 12.4 Å². The third-order valence-electron chi connectivity index (χ3n) is 4.17. The first-order valence-electron chi connectivity index (χ1n) is 9.59. The number of para-hydroxylation sites is 1. The summed E-state index contributed by atoms with van der Waals surface area (Å²) >= 11 is 0. The van der Waals surface area contributed by atoms with Gasteiger partial charge in [0.25, 0.3) is 0 Å². The molecule has 0 heterocycles. The molecule has 2 amide bonds. The van der Waals surface area contributed by atoms with E-state index in [1.807, 2.05) is 61.5 Å². The maximum absolute atomic E-state index is 12.6. The van der Waals surface area contributed by atoms with E-state index in [4.69, 9.17) is 9.47 Å². The summed E-state index contributed by atoms with van der Waals surface area (Å²) in [7, 11) is 0. The Kier molecular flexibility index (Phi) is 8.60. The van der Waals surface area contributed by atoms with Crippen molar-refractivity contribution >= 4 is 12.2 Å². The zero-order valence-electron chi connectivity index (χ0n) is 17.9. The fourth-order valence-corrected chi connectivity index (χ4v) is 3.12. The minimum atomic E-state index is -0.412. The second kappa shape index (κ2) is 10.2. The summed E-state index contributed by atoms with van der Waals surface area (Å²) in [6, 6.07) is 7.24. The molecule has 0 fully saturated rings. The van der Waals surface area contributed by atoms with Crippen molar-refractivity contribution in [2.45, 2.75) is 86.2 Å². The van der Waals surface area contributed by atoms with Crippen LogP contribution in [0.25, 0.3) is 0 Å². The lowest BCUT2D eigenvalue weighted by Gasteiger charge is -2.30. The fraction of sp³-hybridized carbons (Fsp3) is 0.619. The van der Waals surface area contributed by atoms with Crippen LogP contribution in [0.2, 0.25) is 0 Å². The van der Waals surface area contributed by atoms with E-state index < -0.39 is 6.09 Å². The quantitative estimate of drug-likeness (QED) is 0.665. The third-order valence-corrected chi connectivity index (χ3v) is 4.17. The standard InChI is InChI=1S/C21H34N2O4/c1-14(2)22(15(3)4)20(24)26-13-18-11-9-10-12-19(18)27-21(25)23(16(5)6)17(7)8/h9-12,14-17H,13H2,1-8H3. The molecule has 1 aromatic rings. The highest BCUT2D eigenvalue weighted by Crippen LogP contribution is 2.22. The number of carbonyl (C=O) groups excluding carboxylic acids is 2. The van der Waals surface area contributed by atoms with Crippen LogP contribution in [0.1, 0.15) is 61.0 Å². The van der Waals surface area contributed by atoms with Gasteiger partial charge >= 0.3 is 12.2 Å². The van der Waals surface area contributed by atoms with E-state index in [0.717, 1.165) is 0 Å². The highest BCUT2D eigenvalue weighted by Gasteiger charge is 2.24. The zero-order valence-corrected chi connectivity index (χ0v) is 17.9. The molecule has 0 atom stereocenters. The molecule has 6 heteroatoms. The van der Waals surface area contributed by atoms with Crippen molar-refractivity contribution in [3.8, 4) is 5.75 Å². The normalized spacial score (nSPS) is 11.3. The predicted octanol–water partition coefficient (Wildman–Crippen LogP) is 5.06. The van der Waals surface area contributed by atoms with Crippen molar-refractivity contribution in [3.63, 3.8) is 0 Å². The molecule has 0 bridgehead atoms. The molecule has 27 heavy (non-hydrogen) atoms. The van der Waals surface area contributed by atoms with Crippen LogP contribution < -0.4 is 4.74 Å². The van der Waals surface area contributed by atoms with Crippen molar-refractivity contribution in [1.29, 1.82) is 0 Å². The number of carbonyl (C=O) groups is 2. The minimum absolute atomic E-state index is 0.0214. The van der Waals surface area contributed by atoms with E-state index >= 15 is 0 Å². The average Bonchev–Trinajstić information content (AvgIpc) is 2.52. The van der Waals surface area contributed by atoms with Gasteiger partial charge in [0.2, 0.25) is 0 Å². The SMILES string of the molecule is CC(C)N(C(=O)OCc1ccccc1OC(=O)N(C(C)C)C(C)C)C(C)C. The topological polar surface area (TPSA) is 59.1 Å². The number of nitrogens with zero attached hydrogens (tertiary/aromatic N) is 2. The van der Waals surface area contributed by atoms with Gasteiger partial charge in [-0.2, -0.15) is 0 Å². The van der Waals surface area contributed by atoms with Crippen LogP contribution in [-0.4, -0.2) is 46.2 Å². The molecule has 0 saturated carbocycles. The van der Waals surface area contributed by atoms with Crippen LogP contribution in [0.5, 0.6) is 5.75 Å². The van der Waals surface area contributed by atoms with E-state index in [2.05, 4.69) is 0 Å². The summed E-state index contributed by atoms with van der Waals surface area (Å²) < 4.78 is 11.1. The van der Waals surface area contributed by atoms with Gasteiger partial charge in [-0.25, -0.2) is 9.59 Å². The van der Waals surface area contributed by atoms with Gasteiger partial charge in [0, 0.05) is 29.7 Å². The number of rotatable bonds is 7. The van der Waals surface area contributed by atoms with Crippen LogP contribution in [0.15, 0.2) is 24.3 Å². The van der Waals surface area contributed by atoms with Gasteiger partial charge in [-0.3, -0.25) is 0 Å². The molecule has 6 nitrogen and oxygen atoms in total. The summed E-state index contributed by atoms with van der Waals surface area (Å²) in [5.41, 5.74) is 0.652. The number of amides is 2. The van der Waals surface area contributed by atoms with Crippen molar-refractivity contribution in [2.24, 2.45) is 0 Å². The first-order chi connectivity index (χ1) is 12.6. The molecular formula is C21H34N2O4. The van der Waals surface area contributed by atoms with Gasteiger partial charge in [-0.05, 0) is 61.5 Å². The van der Waals surface area contributed by atoms with Crippen molar-refractivity contribution in [3.05, 3.63) is 29.8 Å². The minimum Gasteiger partial charge on any atom is -0.444 e. The van der Waals surface area contributed by atoms with Crippen molar-refractivity contribution < 1.29 is 19.1 Å². The molecule has 0 aliphatic rings. The van der Waals surface area contributed by atoms with E-state index in [9.17, 15) is 9.59 Å². The Morgan fingerprint density at radius 1 is 0.778 bits per heavy atom. The van der Waals surface area contributed by atoms with Crippen LogP contribution in [0.4, 0.5) is 9.59 Å². The Balaban J connectivity index is 2.88.